The number of carbonyl (C=O) groups excluding carboxylic acids is 1. The van der Waals surface area contributed by atoms with Crippen LogP contribution in [0.15, 0.2) is 36.4 Å². The molecule has 1 aromatic rings. The first-order valence-corrected chi connectivity index (χ1v) is 7.07. The highest BCUT2D eigenvalue weighted by atomic mass is 35.5. The molecule has 2 amide bonds. The first kappa shape index (κ1) is 15.4. The largest absolute Gasteiger partial charge is 0.481 e. The lowest BCUT2D eigenvalue weighted by molar-refractivity contribution is -0.140. The zero-order valence-electron chi connectivity index (χ0n) is 11.5. The summed E-state index contributed by atoms with van der Waals surface area (Å²) >= 11 is 6.08. The summed E-state index contributed by atoms with van der Waals surface area (Å²) in [7, 11) is 0. The van der Waals surface area contributed by atoms with Crippen LogP contribution in [0.25, 0.3) is 0 Å². The normalized spacial score (nSPS) is 21.8. The Morgan fingerprint density at radius 1 is 1.33 bits per heavy atom. The maximum atomic E-state index is 11.9. The lowest BCUT2D eigenvalue weighted by atomic mass is 10.1. The Hall–Kier alpha value is -2.01. The van der Waals surface area contributed by atoms with Crippen molar-refractivity contribution in [2.75, 3.05) is 0 Å². The summed E-state index contributed by atoms with van der Waals surface area (Å²) in [4.78, 5) is 22.8. The molecule has 1 aromatic carbocycles. The van der Waals surface area contributed by atoms with Gasteiger partial charge in [-0.15, -0.1) is 0 Å². The second-order valence-electron chi connectivity index (χ2n) is 5.03. The molecule has 0 heterocycles. The number of aliphatic carboxylic acids is 1. The van der Waals surface area contributed by atoms with Crippen molar-refractivity contribution >= 4 is 23.6 Å². The molecule has 0 bridgehead atoms. The van der Waals surface area contributed by atoms with E-state index in [1.807, 2.05) is 25.1 Å². The second kappa shape index (κ2) is 6.63. The van der Waals surface area contributed by atoms with Crippen LogP contribution in [0.1, 0.15) is 24.9 Å². The van der Waals surface area contributed by atoms with Gasteiger partial charge in [0.25, 0.3) is 0 Å². The predicted molar refractivity (Wildman–Crippen MR) is 80.2 cm³/mol. The van der Waals surface area contributed by atoms with Crippen molar-refractivity contribution < 1.29 is 14.7 Å². The van der Waals surface area contributed by atoms with E-state index >= 15 is 0 Å². The molecule has 3 N–H and O–H groups in total. The van der Waals surface area contributed by atoms with Crippen molar-refractivity contribution in [1.29, 1.82) is 0 Å². The van der Waals surface area contributed by atoms with Crippen LogP contribution in [-0.2, 0) is 4.79 Å². The number of benzene rings is 1. The predicted octanol–water partition coefficient (Wildman–Crippen LogP) is 2.73. The Labute approximate surface area is 128 Å². The van der Waals surface area contributed by atoms with Gasteiger partial charge in [-0.05, 0) is 25.0 Å². The van der Waals surface area contributed by atoms with Gasteiger partial charge >= 0.3 is 12.0 Å². The second-order valence-corrected chi connectivity index (χ2v) is 5.44. The van der Waals surface area contributed by atoms with Crippen LogP contribution in [0.3, 0.4) is 0 Å². The van der Waals surface area contributed by atoms with Crippen LogP contribution < -0.4 is 10.6 Å². The van der Waals surface area contributed by atoms with Crippen LogP contribution in [0.5, 0.6) is 0 Å². The van der Waals surface area contributed by atoms with Crippen LogP contribution in [0.4, 0.5) is 4.79 Å². The van der Waals surface area contributed by atoms with Crippen LogP contribution in [0, 0.1) is 5.92 Å². The van der Waals surface area contributed by atoms with Crippen molar-refractivity contribution in [3.8, 4) is 0 Å². The van der Waals surface area contributed by atoms with Gasteiger partial charge in [0, 0.05) is 5.02 Å². The summed E-state index contributed by atoms with van der Waals surface area (Å²) in [6.45, 7) is 1.84. The fourth-order valence-corrected chi connectivity index (χ4v) is 2.60. The fourth-order valence-electron chi connectivity index (χ4n) is 2.30. The molecule has 1 aliphatic carbocycles. The minimum atomic E-state index is -0.875. The van der Waals surface area contributed by atoms with Gasteiger partial charge < -0.3 is 15.7 Å². The summed E-state index contributed by atoms with van der Waals surface area (Å²) in [6, 6.07) is 6.46. The third-order valence-corrected chi connectivity index (χ3v) is 3.78. The van der Waals surface area contributed by atoms with Gasteiger partial charge in [0.15, 0.2) is 0 Å². The van der Waals surface area contributed by atoms with Gasteiger partial charge in [-0.3, -0.25) is 4.79 Å². The Balaban J connectivity index is 1.87. The molecule has 2 rings (SSSR count). The minimum absolute atomic E-state index is 0.237. The number of nitrogens with one attached hydrogen (secondary N) is 2. The topological polar surface area (TPSA) is 78.4 Å². The SMILES string of the molecule is CC(NC(=O)NC1C=CC(C(=O)O)C1)c1ccccc1Cl. The first-order chi connectivity index (χ1) is 9.97. The number of carboxylic acid groups (broad SMARTS) is 1. The number of rotatable bonds is 4. The van der Waals surface area contributed by atoms with Gasteiger partial charge in [0.1, 0.15) is 0 Å². The minimum Gasteiger partial charge on any atom is -0.481 e. The number of hydrogen-bond acceptors (Lipinski definition) is 2. The van der Waals surface area contributed by atoms with E-state index in [-0.39, 0.29) is 18.1 Å². The summed E-state index contributed by atoms with van der Waals surface area (Å²) in [5, 5.41) is 15.0. The maximum Gasteiger partial charge on any atom is 0.315 e. The number of carbonyl (C=O) groups is 2. The molecule has 0 aliphatic heterocycles. The summed E-state index contributed by atoms with van der Waals surface area (Å²) in [6.07, 6.45) is 3.69. The van der Waals surface area contributed by atoms with E-state index in [9.17, 15) is 9.59 Å². The molecule has 3 atom stereocenters. The number of hydrogen-bond donors (Lipinski definition) is 3. The van der Waals surface area contributed by atoms with Gasteiger partial charge in [0.2, 0.25) is 0 Å². The molecule has 6 heteroatoms. The van der Waals surface area contributed by atoms with Crippen molar-refractivity contribution in [2.24, 2.45) is 5.92 Å². The molecular weight excluding hydrogens is 292 g/mol. The molecule has 0 saturated carbocycles. The van der Waals surface area contributed by atoms with Gasteiger partial charge in [-0.1, -0.05) is 42.0 Å². The third kappa shape index (κ3) is 3.98. The van der Waals surface area contributed by atoms with Gasteiger partial charge in [0.05, 0.1) is 18.0 Å². The first-order valence-electron chi connectivity index (χ1n) is 6.70. The van der Waals surface area contributed by atoms with Crippen LogP contribution >= 0.6 is 11.6 Å². The van der Waals surface area contributed by atoms with Gasteiger partial charge in [-0.25, -0.2) is 4.79 Å². The zero-order chi connectivity index (χ0) is 15.4. The van der Waals surface area contributed by atoms with E-state index in [1.165, 1.54) is 0 Å². The smallest absolute Gasteiger partial charge is 0.315 e. The summed E-state index contributed by atoms with van der Waals surface area (Å²) < 4.78 is 0. The van der Waals surface area contributed by atoms with E-state index in [0.717, 1.165) is 5.56 Å². The zero-order valence-corrected chi connectivity index (χ0v) is 12.3. The molecular formula is C15H17ClN2O3. The lowest BCUT2D eigenvalue weighted by Crippen LogP contribution is -2.42. The molecule has 21 heavy (non-hydrogen) atoms. The summed E-state index contributed by atoms with van der Waals surface area (Å²) in [5.74, 6) is -1.41. The van der Waals surface area contributed by atoms with Crippen molar-refractivity contribution in [2.45, 2.75) is 25.4 Å². The number of halogens is 1. The monoisotopic (exact) mass is 308 g/mol. The Morgan fingerprint density at radius 3 is 2.67 bits per heavy atom. The van der Waals surface area contributed by atoms with E-state index in [1.54, 1.807) is 18.2 Å². The average molecular weight is 309 g/mol. The Bertz CT molecular complexity index is 574. The molecule has 0 aromatic heterocycles. The van der Waals surface area contributed by atoms with E-state index in [0.29, 0.717) is 11.4 Å². The molecule has 112 valence electrons. The maximum absolute atomic E-state index is 11.9. The van der Waals surface area contributed by atoms with Crippen LogP contribution in [0.2, 0.25) is 5.02 Å². The van der Waals surface area contributed by atoms with Crippen molar-refractivity contribution in [3.63, 3.8) is 0 Å². The molecule has 0 fully saturated rings. The molecule has 1 aliphatic rings. The van der Waals surface area contributed by atoms with E-state index < -0.39 is 11.9 Å². The Kier molecular flexibility index (Phi) is 4.85. The summed E-state index contributed by atoms with van der Waals surface area (Å²) in [5.41, 5.74) is 0.833. The highest BCUT2D eigenvalue weighted by Crippen LogP contribution is 2.22. The molecule has 0 radical (unpaired) electrons. The number of urea groups is 1. The van der Waals surface area contributed by atoms with Crippen molar-refractivity contribution in [1.82, 2.24) is 10.6 Å². The third-order valence-electron chi connectivity index (χ3n) is 3.44. The molecule has 3 unspecified atom stereocenters. The number of carboxylic acids is 1. The average Bonchev–Trinajstić information content (AvgIpc) is 2.87. The van der Waals surface area contributed by atoms with Gasteiger partial charge in [-0.2, -0.15) is 0 Å². The van der Waals surface area contributed by atoms with E-state index in [2.05, 4.69) is 10.6 Å². The molecule has 0 spiro atoms. The lowest BCUT2D eigenvalue weighted by Gasteiger charge is -2.18. The highest BCUT2D eigenvalue weighted by molar-refractivity contribution is 6.31. The van der Waals surface area contributed by atoms with Crippen molar-refractivity contribution in [3.05, 3.63) is 47.0 Å². The highest BCUT2D eigenvalue weighted by Gasteiger charge is 2.25. The van der Waals surface area contributed by atoms with Crippen LogP contribution in [-0.4, -0.2) is 23.1 Å². The fraction of sp³-hybridized carbons (Fsp3) is 0.333. The standard InChI is InChI=1S/C15H17ClN2O3/c1-9(12-4-2-3-5-13(12)16)17-15(21)18-11-7-6-10(8-11)14(19)20/h2-7,9-11H,8H2,1H3,(H,19,20)(H2,17,18,21). The van der Waals surface area contributed by atoms with E-state index in [4.69, 9.17) is 16.7 Å². The number of amides is 2. The quantitative estimate of drug-likeness (QED) is 0.748. The molecule has 0 saturated heterocycles. The molecule has 5 nitrogen and oxygen atoms in total. The Morgan fingerprint density at radius 2 is 2.05 bits per heavy atom.